The molecule has 0 saturated heterocycles. The molecule has 0 aromatic heterocycles. The van der Waals surface area contributed by atoms with Gasteiger partial charge in [0.2, 0.25) is 0 Å². The van der Waals surface area contributed by atoms with E-state index in [0.29, 0.717) is 11.4 Å². The monoisotopic (exact) mass is 230 g/mol. The SMILES string of the molecule is Oc1ccccc1N=Nc1ccccc1O.[O]. The van der Waals surface area contributed by atoms with Gasteiger partial charge in [-0.05, 0) is 24.3 Å². The highest BCUT2D eigenvalue weighted by Gasteiger charge is 1.99. The Labute approximate surface area is 98.0 Å². The number of hydrogen-bond donors (Lipinski definition) is 2. The number of nitrogens with zero attached hydrogens (tertiary/aromatic N) is 2. The fourth-order valence-electron chi connectivity index (χ4n) is 1.21. The molecule has 0 amide bonds. The molecule has 0 fully saturated rings. The molecule has 5 nitrogen and oxygen atoms in total. The van der Waals surface area contributed by atoms with Crippen LogP contribution in [0, 0.1) is 0 Å². The number of rotatable bonds is 2. The number of hydrogen-bond acceptors (Lipinski definition) is 4. The van der Waals surface area contributed by atoms with Gasteiger partial charge in [0, 0.05) is 5.48 Å². The maximum absolute atomic E-state index is 9.44. The molecule has 0 bridgehead atoms. The maximum atomic E-state index is 9.44. The first-order valence-electron chi connectivity index (χ1n) is 4.75. The van der Waals surface area contributed by atoms with Gasteiger partial charge in [-0.2, -0.15) is 0 Å². The third-order valence-corrected chi connectivity index (χ3v) is 2.03. The molecule has 86 valence electrons. The average Bonchev–Trinajstić information content (AvgIpc) is 2.30. The van der Waals surface area contributed by atoms with Gasteiger partial charge in [0.1, 0.15) is 22.9 Å². The Bertz CT molecular complexity index is 479. The first-order chi connectivity index (χ1) is 7.77. The number of phenolic OH excluding ortho intramolecular Hbond substituents is 2. The van der Waals surface area contributed by atoms with Crippen molar-refractivity contribution in [3.05, 3.63) is 48.5 Å². The summed E-state index contributed by atoms with van der Waals surface area (Å²) < 4.78 is 0. The van der Waals surface area contributed by atoms with Crippen molar-refractivity contribution in [2.24, 2.45) is 10.2 Å². The first-order valence-corrected chi connectivity index (χ1v) is 4.75. The van der Waals surface area contributed by atoms with Crippen molar-refractivity contribution < 1.29 is 15.7 Å². The van der Waals surface area contributed by atoms with Gasteiger partial charge in [-0.25, -0.2) is 0 Å². The van der Waals surface area contributed by atoms with E-state index in [0.717, 1.165) is 0 Å². The summed E-state index contributed by atoms with van der Waals surface area (Å²) in [5.74, 6) is 0.114. The van der Waals surface area contributed by atoms with Gasteiger partial charge >= 0.3 is 0 Å². The van der Waals surface area contributed by atoms with Gasteiger partial charge < -0.3 is 10.2 Å². The lowest BCUT2D eigenvalue weighted by Gasteiger charge is -1.97. The Balaban J connectivity index is 0.00000144. The van der Waals surface area contributed by atoms with Crippen molar-refractivity contribution in [1.29, 1.82) is 0 Å². The summed E-state index contributed by atoms with van der Waals surface area (Å²) in [6.07, 6.45) is 0. The van der Waals surface area contributed by atoms with Crippen LogP contribution in [0.5, 0.6) is 11.5 Å². The van der Waals surface area contributed by atoms with Crippen LogP contribution in [-0.2, 0) is 5.48 Å². The summed E-state index contributed by atoms with van der Waals surface area (Å²) in [6.45, 7) is 0. The second-order valence-electron chi connectivity index (χ2n) is 3.18. The third-order valence-electron chi connectivity index (χ3n) is 2.03. The zero-order valence-corrected chi connectivity index (χ0v) is 8.82. The van der Waals surface area contributed by atoms with Gasteiger partial charge in [0.25, 0.3) is 0 Å². The largest absolute Gasteiger partial charge is 0.506 e. The van der Waals surface area contributed by atoms with Crippen molar-refractivity contribution >= 4 is 11.4 Å². The predicted octanol–water partition coefficient (Wildman–Crippen LogP) is 3.39. The second-order valence-corrected chi connectivity index (χ2v) is 3.18. The highest BCUT2D eigenvalue weighted by atomic mass is 16.3. The summed E-state index contributed by atoms with van der Waals surface area (Å²) in [7, 11) is 0. The Hall–Kier alpha value is -2.40. The molecule has 0 aliphatic carbocycles. The summed E-state index contributed by atoms with van der Waals surface area (Å²) >= 11 is 0. The summed E-state index contributed by atoms with van der Waals surface area (Å²) in [6, 6.07) is 13.2. The zero-order chi connectivity index (χ0) is 11.4. The molecular formula is C12H10N2O3. The number of benzene rings is 2. The van der Waals surface area contributed by atoms with E-state index in [1.54, 1.807) is 36.4 Å². The lowest BCUT2D eigenvalue weighted by atomic mass is 10.3. The van der Waals surface area contributed by atoms with Gasteiger partial charge in [0.05, 0.1) is 0 Å². The van der Waals surface area contributed by atoms with E-state index in [1.165, 1.54) is 12.1 Å². The van der Waals surface area contributed by atoms with Gasteiger partial charge in [-0.1, -0.05) is 24.3 Å². The third kappa shape index (κ3) is 3.02. The summed E-state index contributed by atoms with van der Waals surface area (Å²) in [5.41, 5.74) is 0.733. The maximum Gasteiger partial charge on any atom is 0.143 e. The summed E-state index contributed by atoms with van der Waals surface area (Å²) in [5, 5.41) is 26.6. The first kappa shape index (κ1) is 12.7. The lowest BCUT2D eigenvalue weighted by molar-refractivity contribution is 0.474. The highest BCUT2D eigenvalue weighted by molar-refractivity contribution is 5.53. The molecule has 2 radical (unpaired) electrons. The Morgan fingerprint density at radius 3 is 1.35 bits per heavy atom. The number of para-hydroxylation sites is 2. The molecular weight excluding hydrogens is 220 g/mol. The van der Waals surface area contributed by atoms with Crippen molar-refractivity contribution in [3.8, 4) is 11.5 Å². The number of aromatic hydroxyl groups is 2. The van der Waals surface area contributed by atoms with Crippen molar-refractivity contribution in [1.82, 2.24) is 0 Å². The number of azo groups is 1. The predicted molar refractivity (Wildman–Crippen MR) is 61.1 cm³/mol. The van der Waals surface area contributed by atoms with E-state index in [9.17, 15) is 10.2 Å². The van der Waals surface area contributed by atoms with E-state index >= 15 is 0 Å². The van der Waals surface area contributed by atoms with E-state index in [2.05, 4.69) is 10.2 Å². The fraction of sp³-hybridized carbons (Fsp3) is 0. The fourth-order valence-corrected chi connectivity index (χ4v) is 1.21. The van der Waals surface area contributed by atoms with Crippen LogP contribution in [0.2, 0.25) is 0 Å². The lowest BCUT2D eigenvalue weighted by Crippen LogP contribution is -1.68. The molecule has 2 aromatic carbocycles. The molecule has 2 rings (SSSR count). The van der Waals surface area contributed by atoms with Crippen molar-refractivity contribution in [2.45, 2.75) is 0 Å². The van der Waals surface area contributed by atoms with Crippen LogP contribution in [-0.4, -0.2) is 10.2 Å². The topological polar surface area (TPSA) is 93.7 Å². The molecule has 0 unspecified atom stereocenters. The van der Waals surface area contributed by atoms with Crippen LogP contribution in [0.25, 0.3) is 0 Å². The van der Waals surface area contributed by atoms with Gasteiger partial charge in [-0.3, -0.25) is 0 Å². The molecule has 2 aromatic rings. The molecule has 0 aliphatic heterocycles. The van der Waals surface area contributed by atoms with E-state index in [1.807, 2.05) is 0 Å². The van der Waals surface area contributed by atoms with Gasteiger partial charge in [0.15, 0.2) is 0 Å². The molecule has 17 heavy (non-hydrogen) atoms. The highest BCUT2D eigenvalue weighted by Crippen LogP contribution is 2.30. The van der Waals surface area contributed by atoms with Crippen LogP contribution in [0.1, 0.15) is 0 Å². The minimum Gasteiger partial charge on any atom is -0.506 e. The van der Waals surface area contributed by atoms with E-state index in [4.69, 9.17) is 0 Å². The quantitative estimate of drug-likeness (QED) is 0.773. The molecule has 5 heteroatoms. The molecule has 0 saturated carbocycles. The molecule has 0 atom stereocenters. The van der Waals surface area contributed by atoms with Crippen LogP contribution in [0.4, 0.5) is 11.4 Å². The van der Waals surface area contributed by atoms with Crippen molar-refractivity contribution in [2.75, 3.05) is 0 Å². The average molecular weight is 230 g/mol. The standard InChI is InChI=1S/C12H10N2O2.O/c15-11-7-3-1-5-9(11)13-14-10-6-2-4-8-12(10)16;/h1-8,15-16H;. The van der Waals surface area contributed by atoms with Crippen LogP contribution < -0.4 is 0 Å². The normalized spacial score (nSPS) is 10.1. The summed E-state index contributed by atoms with van der Waals surface area (Å²) in [4.78, 5) is 0. The Morgan fingerprint density at radius 2 is 1.00 bits per heavy atom. The van der Waals surface area contributed by atoms with Crippen LogP contribution in [0.15, 0.2) is 58.8 Å². The van der Waals surface area contributed by atoms with Gasteiger partial charge in [-0.15, -0.1) is 10.2 Å². The number of phenols is 2. The molecule has 0 aliphatic rings. The smallest absolute Gasteiger partial charge is 0.143 e. The van der Waals surface area contributed by atoms with Crippen molar-refractivity contribution in [3.63, 3.8) is 0 Å². The molecule has 2 N–H and O–H groups in total. The second kappa shape index (κ2) is 5.62. The molecule has 0 heterocycles. The molecule has 0 spiro atoms. The zero-order valence-electron chi connectivity index (χ0n) is 8.82. The van der Waals surface area contributed by atoms with E-state index in [-0.39, 0.29) is 17.0 Å². The Kier molecular flexibility index (Phi) is 4.19. The minimum absolute atomic E-state index is 0. The minimum atomic E-state index is 0. The van der Waals surface area contributed by atoms with E-state index < -0.39 is 0 Å². The van der Waals surface area contributed by atoms with Crippen LogP contribution >= 0.6 is 0 Å². The van der Waals surface area contributed by atoms with Crippen LogP contribution in [0.3, 0.4) is 0 Å². The Morgan fingerprint density at radius 1 is 0.647 bits per heavy atom.